The van der Waals surface area contributed by atoms with E-state index < -0.39 is 9.84 Å². The average Bonchev–Trinajstić information content (AvgIpc) is 2.93. The van der Waals surface area contributed by atoms with Crippen molar-refractivity contribution in [2.45, 2.75) is 37.8 Å². The minimum Gasteiger partial charge on any atom is -0.334 e. The Morgan fingerprint density at radius 2 is 1.95 bits per heavy atom. The van der Waals surface area contributed by atoms with Crippen molar-refractivity contribution in [3.8, 4) is 0 Å². The lowest BCUT2D eigenvalue weighted by molar-refractivity contribution is 0.585. The van der Waals surface area contributed by atoms with Gasteiger partial charge >= 0.3 is 0 Å². The van der Waals surface area contributed by atoms with Crippen molar-refractivity contribution in [1.29, 1.82) is 0 Å². The Labute approximate surface area is 125 Å². The summed E-state index contributed by atoms with van der Waals surface area (Å²) in [5.74, 6) is 1.01. The van der Waals surface area contributed by atoms with Crippen LogP contribution < -0.4 is 5.73 Å². The fourth-order valence-electron chi connectivity index (χ4n) is 2.16. The number of hydrogen-bond acceptors (Lipinski definition) is 4. The molecule has 0 aliphatic rings. The predicted octanol–water partition coefficient (Wildman–Crippen LogP) is 1.77. The van der Waals surface area contributed by atoms with Crippen LogP contribution in [0, 0.1) is 0 Å². The number of rotatable bonds is 7. The van der Waals surface area contributed by atoms with Crippen LogP contribution >= 0.6 is 0 Å². The van der Waals surface area contributed by atoms with Crippen molar-refractivity contribution < 1.29 is 8.42 Å². The summed E-state index contributed by atoms with van der Waals surface area (Å²) in [6.07, 6.45) is 5.40. The van der Waals surface area contributed by atoms with Crippen molar-refractivity contribution in [2.75, 3.05) is 5.75 Å². The maximum absolute atomic E-state index is 12.3. The van der Waals surface area contributed by atoms with E-state index in [0.717, 1.165) is 24.2 Å². The van der Waals surface area contributed by atoms with E-state index in [0.29, 0.717) is 18.0 Å². The molecule has 2 N–H and O–H groups in total. The van der Waals surface area contributed by atoms with Gasteiger partial charge in [-0.25, -0.2) is 13.4 Å². The van der Waals surface area contributed by atoms with Gasteiger partial charge < -0.3 is 10.3 Å². The molecule has 0 radical (unpaired) electrons. The van der Waals surface area contributed by atoms with Gasteiger partial charge in [-0.1, -0.05) is 19.1 Å². The fraction of sp³-hybridized carbons (Fsp3) is 0.400. The summed E-state index contributed by atoms with van der Waals surface area (Å²) in [5.41, 5.74) is 6.44. The van der Waals surface area contributed by atoms with E-state index in [4.69, 9.17) is 5.73 Å². The summed E-state index contributed by atoms with van der Waals surface area (Å²) in [4.78, 5) is 4.60. The highest BCUT2D eigenvalue weighted by Gasteiger charge is 2.15. The monoisotopic (exact) mass is 307 g/mol. The van der Waals surface area contributed by atoms with Gasteiger partial charge in [0.25, 0.3) is 0 Å². The molecule has 0 aliphatic heterocycles. The van der Waals surface area contributed by atoms with Crippen LogP contribution in [0.25, 0.3) is 0 Å². The zero-order chi connectivity index (χ0) is 15.3. The molecule has 6 heteroatoms. The van der Waals surface area contributed by atoms with Gasteiger partial charge in [-0.3, -0.25) is 0 Å². The first-order chi connectivity index (χ1) is 10.1. The third-order valence-electron chi connectivity index (χ3n) is 3.39. The summed E-state index contributed by atoms with van der Waals surface area (Å²) in [5, 5.41) is 0. The van der Waals surface area contributed by atoms with Crippen LogP contribution in [0.1, 0.15) is 24.7 Å². The molecule has 114 valence electrons. The number of nitrogens with two attached hydrogens (primary N) is 1. The molecule has 21 heavy (non-hydrogen) atoms. The number of aromatic nitrogens is 2. The molecule has 1 aromatic heterocycles. The largest absolute Gasteiger partial charge is 0.334 e. The van der Waals surface area contributed by atoms with Gasteiger partial charge in [0.05, 0.1) is 10.6 Å². The third-order valence-corrected chi connectivity index (χ3v) is 5.10. The van der Waals surface area contributed by atoms with Crippen LogP contribution in [0.4, 0.5) is 0 Å². The standard InChI is InChI=1S/C15H21N3O2S/c1-2-3-15-17-8-9-18(15)10-11-21(19,20)14-6-4-13(12-16)5-7-14/h4-9H,2-3,10-12,16H2,1H3. The second-order valence-electron chi connectivity index (χ2n) is 4.95. The molecule has 0 saturated carbocycles. The van der Waals surface area contributed by atoms with E-state index in [1.54, 1.807) is 30.5 Å². The second-order valence-corrected chi connectivity index (χ2v) is 7.06. The van der Waals surface area contributed by atoms with Crippen molar-refractivity contribution in [3.05, 3.63) is 48.0 Å². The van der Waals surface area contributed by atoms with Crippen molar-refractivity contribution in [3.63, 3.8) is 0 Å². The number of hydrogen-bond donors (Lipinski definition) is 1. The summed E-state index contributed by atoms with van der Waals surface area (Å²) in [6.45, 7) is 2.92. The molecule has 5 nitrogen and oxygen atoms in total. The highest BCUT2D eigenvalue weighted by molar-refractivity contribution is 7.91. The molecule has 0 atom stereocenters. The van der Waals surface area contributed by atoms with Gasteiger partial charge in [-0.15, -0.1) is 0 Å². The Hall–Kier alpha value is -1.66. The average molecular weight is 307 g/mol. The number of imidazole rings is 1. The lowest BCUT2D eigenvalue weighted by Crippen LogP contribution is -2.14. The quantitative estimate of drug-likeness (QED) is 0.845. The van der Waals surface area contributed by atoms with Crippen LogP contribution in [0.5, 0.6) is 0 Å². The van der Waals surface area contributed by atoms with Crippen molar-refractivity contribution in [2.24, 2.45) is 5.73 Å². The van der Waals surface area contributed by atoms with Crippen LogP contribution in [0.2, 0.25) is 0 Å². The number of sulfone groups is 1. The van der Waals surface area contributed by atoms with Crippen molar-refractivity contribution >= 4 is 9.84 Å². The first-order valence-electron chi connectivity index (χ1n) is 7.08. The molecule has 2 aromatic rings. The highest BCUT2D eigenvalue weighted by atomic mass is 32.2. The van der Waals surface area contributed by atoms with E-state index in [9.17, 15) is 8.42 Å². The molecule has 0 bridgehead atoms. The molecule has 0 spiro atoms. The summed E-state index contributed by atoms with van der Waals surface area (Å²) >= 11 is 0. The minimum atomic E-state index is -3.28. The Kier molecular flexibility index (Phi) is 5.14. The summed E-state index contributed by atoms with van der Waals surface area (Å²) in [7, 11) is -3.28. The molecule has 0 unspecified atom stereocenters. The molecule has 0 fully saturated rings. The minimum absolute atomic E-state index is 0.0715. The van der Waals surface area contributed by atoms with Gasteiger partial charge in [0.15, 0.2) is 9.84 Å². The highest BCUT2D eigenvalue weighted by Crippen LogP contribution is 2.13. The van der Waals surface area contributed by atoms with Crippen LogP contribution in [0.15, 0.2) is 41.6 Å². The van der Waals surface area contributed by atoms with Gasteiger partial charge in [0.2, 0.25) is 0 Å². The van der Waals surface area contributed by atoms with Crippen LogP contribution in [-0.2, 0) is 29.3 Å². The first-order valence-corrected chi connectivity index (χ1v) is 8.74. The first kappa shape index (κ1) is 15.7. The molecule has 1 heterocycles. The van der Waals surface area contributed by atoms with E-state index >= 15 is 0 Å². The number of benzene rings is 1. The lowest BCUT2D eigenvalue weighted by atomic mass is 10.2. The van der Waals surface area contributed by atoms with Crippen LogP contribution in [0.3, 0.4) is 0 Å². The lowest BCUT2D eigenvalue weighted by Gasteiger charge is -2.08. The Morgan fingerprint density at radius 3 is 2.57 bits per heavy atom. The molecular formula is C15H21N3O2S. The Morgan fingerprint density at radius 1 is 1.24 bits per heavy atom. The van der Waals surface area contributed by atoms with Gasteiger partial charge in [-0.05, 0) is 24.1 Å². The second kappa shape index (κ2) is 6.87. The molecular weight excluding hydrogens is 286 g/mol. The smallest absolute Gasteiger partial charge is 0.180 e. The zero-order valence-corrected chi connectivity index (χ0v) is 13.0. The molecule has 1 aromatic carbocycles. The van der Waals surface area contributed by atoms with E-state index in [2.05, 4.69) is 11.9 Å². The van der Waals surface area contributed by atoms with Crippen LogP contribution in [-0.4, -0.2) is 23.7 Å². The van der Waals surface area contributed by atoms with E-state index in [-0.39, 0.29) is 5.75 Å². The summed E-state index contributed by atoms with van der Waals surface area (Å²) in [6, 6.07) is 6.76. The van der Waals surface area contributed by atoms with E-state index in [1.807, 2.05) is 10.8 Å². The fourth-order valence-corrected chi connectivity index (χ4v) is 3.39. The Balaban J connectivity index is 2.08. The van der Waals surface area contributed by atoms with Crippen molar-refractivity contribution in [1.82, 2.24) is 9.55 Å². The molecule has 0 aliphatic carbocycles. The van der Waals surface area contributed by atoms with Gasteiger partial charge in [0.1, 0.15) is 5.82 Å². The maximum atomic E-state index is 12.3. The number of nitrogens with zero attached hydrogens (tertiary/aromatic N) is 2. The molecule has 0 amide bonds. The normalized spacial score (nSPS) is 11.7. The van der Waals surface area contributed by atoms with E-state index in [1.165, 1.54) is 0 Å². The molecule has 0 saturated heterocycles. The SMILES string of the molecule is CCCc1nccn1CCS(=O)(=O)c1ccc(CN)cc1. The maximum Gasteiger partial charge on any atom is 0.180 e. The topological polar surface area (TPSA) is 78.0 Å². The predicted molar refractivity (Wildman–Crippen MR) is 82.6 cm³/mol. The zero-order valence-electron chi connectivity index (χ0n) is 12.2. The third kappa shape index (κ3) is 3.92. The van der Waals surface area contributed by atoms with Gasteiger partial charge in [-0.2, -0.15) is 0 Å². The summed E-state index contributed by atoms with van der Waals surface area (Å²) < 4.78 is 26.6. The van der Waals surface area contributed by atoms with Gasteiger partial charge in [0, 0.05) is 31.9 Å². The number of aryl methyl sites for hydroxylation is 2. The Bertz CT molecular complexity index is 675. The molecule has 2 rings (SSSR count).